The van der Waals surface area contributed by atoms with Crippen LogP contribution in [-0.4, -0.2) is 44.3 Å². The highest BCUT2D eigenvalue weighted by molar-refractivity contribution is 5.30. The zero-order chi connectivity index (χ0) is 18.0. The first kappa shape index (κ1) is 18.4. The quantitative estimate of drug-likeness (QED) is 0.583. The molecule has 24 heavy (non-hydrogen) atoms. The summed E-state index contributed by atoms with van der Waals surface area (Å²) < 4.78 is 0. The van der Waals surface area contributed by atoms with Crippen LogP contribution >= 0.6 is 0 Å². The highest BCUT2D eigenvalue weighted by atomic mass is 16.4. The molecule has 2 fully saturated rings. The molecule has 4 nitrogen and oxygen atoms in total. The Morgan fingerprint density at radius 1 is 1.21 bits per heavy atom. The Morgan fingerprint density at radius 2 is 1.88 bits per heavy atom. The summed E-state index contributed by atoms with van der Waals surface area (Å²) in [7, 11) is 0. The predicted octanol–water partition coefficient (Wildman–Crippen LogP) is 2.39. The molecule has 0 spiro atoms. The number of rotatable bonds is 2. The van der Waals surface area contributed by atoms with Gasteiger partial charge in [-0.15, -0.1) is 0 Å². The smallest absolute Gasteiger partial charge is 0.111 e. The fourth-order valence-electron chi connectivity index (χ4n) is 6.04. The first-order valence-corrected chi connectivity index (χ1v) is 9.43. The molecule has 3 rings (SSSR count). The third-order valence-corrected chi connectivity index (χ3v) is 7.78. The normalized spacial score (nSPS) is 49.2. The van der Waals surface area contributed by atoms with E-state index in [1.165, 1.54) is 0 Å². The molecule has 0 aromatic carbocycles. The standard InChI is InChI=1S/C20H34O4/c1-17(2,23)20(24)9-6-14-13(11-20)15(22)10-16-18(3,12-21)7-5-8-19(14,16)4/h11,14-16,21-24H,5-10,12H2,1-4H3. The summed E-state index contributed by atoms with van der Waals surface area (Å²) in [6.07, 6.45) is 6.30. The van der Waals surface area contributed by atoms with Crippen molar-refractivity contribution in [3.63, 3.8) is 0 Å². The maximum Gasteiger partial charge on any atom is 0.111 e. The van der Waals surface area contributed by atoms with Crippen LogP contribution in [0.1, 0.15) is 66.2 Å². The minimum absolute atomic E-state index is 0.0434. The minimum atomic E-state index is -1.28. The topological polar surface area (TPSA) is 80.9 Å². The molecule has 3 aliphatic carbocycles. The summed E-state index contributed by atoms with van der Waals surface area (Å²) >= 11 is 0. The molecule has 0 aromatic heterocycles. The first-order valence-electron chi connectivity index (χ1n) is 9.43. The van der Waals surface area contributed by atoms with Gasteiger partial charge < -0.3 is 20.4 Å². The number of aliphatic hydroxyl groups excluding tert-OH is 2. The van der Waals surface area contributed by atoms with Gasteiger partial charge in [0.25, 0.3) is 0 Å². The lowest BCUT2D eigenvalue weighted by Gasteiger charge is -2.61. The second kappa shape index (κ2) is 5.54. The van der Waals surface area contributed by atoms with Crippen molar-refractivity contribution in [2.75, 3.05) is 6.61 Å². The lowest BCUT2D eigenvalue weighted by atomic mass is 9.45. The van der Waals surface area contributed by atoms with Crippen LogP contribution in [-0.2, 0) is 0 Å². The molecule has 4 heteroatoms. The van der Waals surface area contributed by atoms with Crippen molar-refractivity contribution in [2.24, 2.45) is 22.7 Å². The maximum atomic E-state index is 10.9. The molecule has 6 unspecified atom stereocenters. The van der Waals surface area contributed by atoms with Gasteiger partial charge in [0.15, 0.2) is 0 Å². The van der Waals surface area contributed by atoms with Crippen LogP contribution in [0.15, 0.2) is 11.6 Å². The van der Waals surface area contributed by atoms with Crippen LogP contribution in [0.5, 0.6) is 0 Å². The number of hydrogen-bond acceptors (Lipinski definition) is 4. The molecule has 0 aliphatic heterocycles. The van der Waals surface area contributed by atoms with Crippen LogP contribution in [0, 0.1) is 22.7 Å². The van der Waals surface area contributed by atoms with Crippen LogP contribution in [0.25, 0.3) is 0 Å². The monoisotopic (exact) mass is 338 g/mol. The van der Waals surface area contributed by atoms with E-state index in [0.29, 0.717) is 12.8 Å². The average molecular weight is 338 g/mol. The van der Waals surface area contributed by atoms with E-state index < -0.39 is 17.3 Å². The third kappa shape index (κ3) is 2.49. The van der Waals surface area contributed by atoms with Crippen LogP contribution < -0.4 is 0 Å². The summed E-state index contributed by atoms with van der Waals surface area (Å²) in [5, 5.41) is 42.1. The van der Waals surface area contributed by atoms with Crippen molar-refractivity contribution in [3.05, 3.63) is 11.6 Å². The lowest BCUT2D eigenvalue weighted by molar-refractivity contribution is -0.140. The zero-order valence-electron chi connectivity index (χ0n) is 15.5. The number of hydrogen-bond donors (Lipinski definition) is 4. The summed E-state index contributed by atoms with van der Waals surface area (Å²) in [5.41, 5.74) is -1.69. The Balaban J connectivity index is 2.02. The van der Waals surface area contributed by atoms with Gasteiger partial charge in [-0.2, -0.15) is 0 Å². The molecule has 3 aliphatic rings. The Bertz CT molecular complexity index is 536. The molecule has 0 bridgehead atoms. The fraction of sp³-hybridized carbons (Fsp3) is 0.900. The van der Waals surface area contributed by atoms with E-state index >= 15 is 0 Å². The Labute approximate surface area is 145 Å². The molecular formula is C20H34O4. The van der Waals surface area contributed by atoms with Crippen molar-refractivity contribution in [3.8, 4) is 0 Å². The van der Waals surface area contributed by atoms with Crippen LogP contribution in [0.2, 0.25) is 0 Å². The highest BCUT2D eigenvalue weighted by Gasteiger charge is 2.59. The van der Waals surface area contributed by atoms with Gasteiger partial charge in [-0.1, -0.05) is 20.3 Å². The lowest BCUT2D eigenvalue weighted by Crippen LogP contribution is -2.58. The van der Waals surface area contributed by atoms with Gasteiger partial charge in [0.2, 0.25) is 0 Å². The summed E-state index contributed by atoms with van der Waals surface area (Å²) in [6, 6.07) is 0. The average Bonchev–Trinajstić information content (AvgIpc) is 2.49. The molecule has 4 N–H and O–H groups in total. The van der Waals surface area contributed by atoms with Gasteiger partial charge in [-0.3, -0.25) is 0 Å². The van der Waals surface area contributed by atoms with Gasteiger partial charge in [-0.25, -0.2) is 0 Å². The second-order valence-corrected chi connectivity index (χ2v) is 9.69. The molecule has 0 aromatic rings. The third-order valence-electron chi connectivity index (χ3n) is 7.78. The molecule has 0 amide bonds. The maximum absolute atomic E-state index is 10.9. The Kier molecular flexibility index (Phi) is 4.24. The van der Waals surface area contributed by atoms with Crippen molar-refractivity contribution in [1.29, 1.82) is 0 Å². The second-order valence-electron chi connectivity index (χ2n) is 9.69. The Morgan fingerprint density at radius 3 is 2.46 bits per heavy atom. The fourth-order valence-corrected chi connectivity index (χ4v) is 6.04. The minimum Gasteiger partial charge on any atom is -0.396 e. The molecule has 0 radical (unpaired) electrons. The molecule has 6 atom stereocenters. The predicted molar refractivity (Wildman–Crippen MR) is 93.3 cm³/mol. The van der Waals surface area contributed by atoms with Crippen molar-refractivity contribution >= 4 is 0 Å². The van der Waals surface area contributed by atoms with Gasteiger partial charge in [-0.05, 0) is 80.3 Å². The first-order chi connectivity index (χ1) is 11.0. The van der Waals surface area contributed by atoms with Gasteiger partial charge in [0, 0.05) is 6.61 Å². The van der Waals surface area contributed by atoms with E-state index in [9.17, 15) is 20.4 Å². The summed E-state index contributed by atoms with van der Waals surface area (Å²) in [6.45, 7) is 7.90. The van der Waals surface area contributed by atoms with Gasteiger partial charge >= 0.3 is 0 Å². The molecule has 0 saturated heterocycles. The van der Waals surface area contributed by atoms with Gasteiger partial charge in [0.1, 0.15) is 5.60 Å². The van der Waals surface area contributed by atoms with Crippen molar-refractivity contribution < 1.29 is 20.4 Å². The summed E-state index contributed by atoms with van der Waals surface area (Å²) in [4.78, 5) is 0. The SMILES string of the molecule is CC1(CO)CCCC2(C)C3CCC(O)(C(C)(C)O)C=C3C(O)CC12. The summed E-state index contributed by atoms with van der Waals surface area (Å²) in [5.74, 6) is 0.509. The van der Waals surface area contributed by atoms with E-state index in [-0.39, 0.29) is 29.3 Å². The van der Waals surface area contributed by atoms with E-state index in [2.05, 4.69) is 13.8 Å². The highest BCUT2D eigenvalue weighted by Crippen LogP contribution is 2.63. The number of aliphatic hydroxyl groups is 4. The van der Waals surface area contributed by atoms with Crippen molar-refractivity contribution in [1.82, 2.24) is 0 Å². The van der Waals surface area contributed by atoms with E-state index in [0.717, 1.165) is 31.3 Å². The molecule has 2 saturated carbocycles. The molecule has 0 heterocycles. The van der Waals surface area contributed by atoms with E-state index in [4.69, 9.17) is 0 Å². The van der Waals surface area contributed by atoms with E-state index in [1.54, 1.807) is 19.9 Å². The van der Waals surface area contributed by atoms with Crippen LogP contribution in [0.3, 0.4) is 0 Å². The van der Waals surface area contributed by atoms with Crippen molar-refractivity contribution in [2.45, 2.75) is 83.5 Å². The Hall–Kier alpha value is -0.420. The zero-order valence-corrected chi connectivity index (χ0v) is 15.5. The van der Waals surface area contributed by atoms with Gasteiger partial charge in [0.05, 0.1) is 11.7 Å². The molecule has 138 valence electrons. The van der Waals surface area contributed by atoms with Crippen LogP contribution in [0.4, 0.5) is 0 Å². The molecular weight excluding hydrogens is 304 g/mol. The largest absolute Gasteiger partial charge is 0.396 e. The number of fused-ring (bicyclic) bond motifs is 3. The van der Waals surface area contributed by atoms with E-state index in [1.807, 2.05) is 0 Å².